The lowest BCUT2D eigenvalue weighted by molar-refractivity contribution is -0.117. The Morgan fingerprint density at radius 3 is 2.95 bits per heavy atom. The van der Waals surface area contributed by atoms with Gasteiger partial charge in [0.15, 0.2) is 0 Å². The van der Waals surface area contributed by atoms with Crippen LogP contribution in [0.4, 0.5) is 11.4 Å². The molecule has 0 radical (unpaired) electrons. The third-order valence-electron chi connectivity index (χ3n) is 3.62. The molecule has 1 aromatic carbocycles. The zero-order chi connectivity index (χ0) is 14.7. The smallest absolute Gasteiger partial charge is 0.226 e. The monoisotopic (exact) mass is 309 g/mol. The molecule has 0 bridgehead atoms. The molecule has 1 aliphatic heterocycles. The van der Waals surface area contributed by atoms with Gasteiger partial charge in [0.1, 0.15) is 0 Å². The molecule has 6 heteroatoms. The Balaban J connectivity index is 1.62. The van der Waals surface area contributed by atoms with Crippen LogP contribution in [0.5, 0.6) is 0 Å². The van der Waals surface area contributed by atoms with Gasteiger partial charge in [-0.25, -0.2) is 0 Å². The fourth-order valence-corrected chi connectivity index (χ4v) is 2.54. The second kappa shape index (κ2) is 6.64. The van der Waals surface area contributed by atoms with Crippen LogP contribution in [0.3, 0.4) is 0 Å². The standard InChI is InChI=1S/C15H20ClN3O2/c16-10-1-4-13(18-11-2-3-11)14(7-10)19-15(20)8-12-9-21-6-5-17-12/h1,4,7,11-12,17-18H,2-3,5-6,8-9H2,(H,19,20). The fraction of sp³-hybridized carbons (Fsp3) is 0.533. The molecule has 1 saturated heterocycles. The van der Waals surface area contributed by atoms with Crippen molar-refractivity contribution < 1.29 is 9.53 Å². The van der Waals surface area contributed by atoms with Crippen LogP contribution in [-0.4, -0.2) is 37.7 Å². The van der Waals surface area contributed by atoms with Gasteiger partial charge in [-0.15, -0.1) is 0 Å². The Bertz CT molecular complexity index is 514. The van der Waals surface area contributed by atoms with Crippen molar-refractivity contribution in [2.24, 2.45) is 0 Å². The summed E-state index contributed by atoms with van der Waals surface area (Å²) in [4.78, 5) is 12.2. The topological polar surface area (TPSA) is 62.4 Å². The van der Waals surface area contributed by atoms with Crippen molar-refractivity contribution in [2.45, 2.75) is 31.3 Å². The number of carbonyl (C=O) groups is 1. The van der Waals surface area contributed by atoms with Crippen molar-refractivity contribution in [3.63, 3.8) is 0 Å². The second-order valence-corrected chi connectivity index (χ2v) is 6.02. The zero-order valence-electron chi connectivity index (χ0n) is 11.8. The molecule has 2 aliphatic rings. The summed E-state index contributed by atoms with van der Waals surface area (Å²) in [5.74, 6) is -0.0286. The van der Waals surface area contributed by atoms with Gasteiger partial charge in [0, 0.05) is 30.1 Å². The first-order valence-corrected chi connectivity index (χ1v) is 7.75. The first kappa shape index (κ1) is 14.6. The Hall–Kier alpha value is -1.30. The van der Waals surface area contributed by atoms with E-state index >= 15 is 0 Å². The Morgan fingerprint density at radius 2 is 2.24 bits per heavy atom. The van der Waals surface area contributed by atoms with Crippen molar-refractivity contribution in [1.29, 1.82) is 0 Å². The molecule has 114 valence electrons. The highest BCUT2D eigenvalue weighted by molar-refractivity contribution is 6.31. The quantitative estimate of drug-likeness (QED) is 0.780. The van der Waals surface area contributed by atoms with E-state index in [1.807, 2.05) is 12.1 Å². The minimum absolute atomic E-state index is 0.0286. The summed E-state index contributed by atoms with van der Waals surface area (Å²) in [7, 11) is 0. The van der Waals surface area contributed by atoms with Gasteiger partial charge in [-0.3, -0.25) is 4.79 Å². The van der Waals surface area contributed by atoms with Crippen molar-refractivity contribution in [2.75, 3.05) is 30.4 Å². The van der Waals surface area contributed by atoms with Gasteiger partial charge in [0.05, 0.1) is 24.6 Å². The Kier molecular flexibility index (Phi) is 4.63. The van der Waals surface area contributed by atoms with Gasteiger partial charge in [0.2, 0.25) is 5.91 Å². The van der Waals surface area contributed by atoms with E-state index in [0.717, 1.165) is 17.9 Å². The molecule has 2 fully saturated rings. The summed E-state index contributed by atoms with van der Waals surface area (Å²) in [5.41, 5.74) is 1.68. The summed E-state index contributed by atoms with van der Waals surface area (Å²) in [5, 5.41) is 10.3. The number of nitrogens with one attached hydrogen (secondary N) is 3. The highest BCUT2D eigenvalue weighted by Crippen LogP contribution is 2.31. The molecule has 0 aromatic heterocycles. The average Bonchev–Trinajstić information content (AvgIpc) is 3.27. The zero-order valence-corrected chi connectivity index (χ0v) is 12.6. The van der Waals surface area contributed by atoms with Crippen molar-refractivity contribution in [1.82, 2.24) is 5.32 Å². The van der Waals surface area contributed by atoms with E-state index in [1.165, 1.54) is 12.8 Å². The number of morpholine rings is 1. The molecule has 1 aliphatic carbocycles. The third kappa shape index (κ3) is 4.33. The van der Waals surface area contributed by atoms with Gasteiger partial charge >= 0.3 is 0 Å². The lowest BCUT2D eigenvalue weighted by Gasteiger charge is -2.23. The number of anilines is 2. The molecule has 3 N–H and O–H groups in total. The molecule has 3 rings (SSSR count). The van der Waals surface area contributed by atoms with Crippen molar-refractivity contribution in [3.05, 3.63) is 23.2 Å². The van der Waals surface area contributed by atoms with Crippen LogP contribution in [0.15, 0.2) is 18.2 Å². The van der Waals surface area contributed by atoms with Crippen LogP contribution < -0.4 is 16.0 Å². The highest BCUT2D eigenvalue weighted by Gasteiger charge is 2.23. The minimum Gasteiger partial charge on any atom is -0.381 e. The van der Waals surface area contributed by atoms with Gasteiger partial charge in [-0.2, -0.15) is 0 Å². The van der Waals surface area contributed by atoms with Gasteiger partial charge in [-0.05, 0) is 31.0 Å². The van der Waals surface area contributed by atoms with Gasteiger partial charge < -0.3 is 20.7 Å². The number of amides is 1. The van der Waals surface area contributed by atoms with Crippen LogP contribution in [0, 0.1) is 0 Å². The maximum atomic E-state index is 12.2. The molecule has 1 unspecified atom stereocenters. The molecule has 1 atom stereocenters. The fourth-order valence-electron chi connectivity index (χ4n) is 2.37. The predicted molar refractivity (Wildman–Crippen MR) is 84.0 cm³/mol. The molecule has 1 heterocycles. The number of hydrogen-bond donors (Lipinski definition) is 3. The maximum absolute atomic E-state index is 12.2. The highest BCUT2D eigenvalue weighted by atomic mass is 35.5. The number of halogens is 1. The van der Waals surface area contributed by atoms with E-state index in [2.05, 4.69) is 16.0 Å². The summed E-state index contributed by atoms with van der Waals surface area (Å²) >= 11 is 6.03. The minimum atomic E-state index is -0.0286. The SMILES string of the molecule is O=C(CC1COCCN1)Nc1cc(Cl)ccc1NC1CC1. The molecule has 1 saturated carbocycles. The van der Waals surface area contributed by atoms with E-state index in [0.29, 0.717) is 30.7 Å². The lowest BCUT2D eigenvalue weighted by Crippen LogP contribution is -2.43. The number of benzene rings is 1. The first-order valence-electron chi connectivity index (χ1n) is 7.38. The largest absolute Gasteiger partial charge is 0.381 e. The average molecular weight is 310 g/mol. The van der Waals surface area contributed by atoms with Crippen molar-refractivity contribution >= 4 is 28.9 Å². The summed E-state index contributed by atoms with van der Waals surface area (Å²) in [6, 6.07) is 6.14. The Morgan fingerprint density at radius 1 is 1.38 bits per heavy atom. The molecule has 5 nitrogen and oxygen atoms in total. The lowest BCUT2D eigenvalue weighted by atomic mass is 10.2. The molecule has 1 aromatic rings. The van der Waals surface area contributed by atoms with E-state index in [4.69, 9.17) is 16.3 Å². The van der Waals surface area contributed by atoms with Crippen molar-refractivity contribution in [3.8, 4) is 0 Å². The molecule has 1 amide bonds. The normalized spacial score (nSPS) is 21.9. The summed E-state index contributed by atoms with van der Waals surface area (Å²) < 4.78 is 5.36. The van der Waals surface area contributed by atoms with E-state index in [-0.39, 0.29) is 11.9 Å². The van der Waals surface area contributed by atoms with Crippen LogP contribution >= 0.6 is 11.6 Å². The summed E-state index contributed by atoms with van der Waals surface area (Å²) in [6.45, 7) is 2.08. The predicted octanol–water partition coefficient (Wildman–Crippen LogP) is 2.23. The number of ether oxygens (including phenoxy) is 1. The number of hydrogen-bond acceptors (Lipinski definition) is 4. The van der Waals surface area contributed by atoms with Crippen LogP contribution in [-0.2, 0) is 9.53 Å². The van der Waals surface area contributed by atoms with E-state index < -0.39 is 0 Å². The van der Waals surface area contributed by atoms with Crippen LogP contribution in [0.1, 0.15) is 19.3 Å². The second-order valence-electron chi connectivity index (χ2n) is 5.59. The van der Waals surface area contributed by atoms with Gasteiger partial charge in [-0.1, -0.05) is 11.6 Å². The van der Waals surface area contributed by atoms with E-state index in [1.54, 1.807) is 6.07 Å². The van der Waals surface area contributed by atoms with E-state index in [9.17, 15) is 4.79 Å². The van der Waals surface area contributed by atoms with Crippen LogP contribution in [0.2, 0.25) is 5.02 Å². The maximum Gasteiger partial charge on any atom is 0.226 e. The Labute approximate surface area is 129 Å². The third-order valence-corrected chi connectivity index (χ3v) is 3.86. The molecule has 21 heavy (non-hydrogen) atoms. The van der Waals surface area contributed by atoms with Crippen LogP contribution in [0.25, 0.3) is 0 Å². The number of rotatable bonds is 5. The van der Waals surface area contributed by atoms with Gasteiger partial charge in [0.25, 0.3) is 0 Å². The number of carbonyl (C=O) groups excluding carboxylic acids is 1. The molecular weight excluding hydrogens is 290 g/mol. The molecular formula is C15H20ClN3O2. The summed E-state index contributed by atoms with van der Waals surface area (Å²) in [6.07, 6.45) is 2.76. The molecule has 0 spiro atoms. The first-order chi connectivity index (χ1) is 10.2.